The summed E-state index contributed by atoms with van der Waals surface area (Å²) in [7, 11) is 0. The smallest absolute Gasteiger partial charge is 0.00258 e. The Morgan fingerprint density at radius 2 is 1.56 bits per heavy atom. The topological polar surface area (TPSA) is 0 Å². The van der Waals surface area contributed by atoms with Gasteiger partial charge in [0.25, 0.3) is 0 Å². The van der Waals surface area contributed by atoms with Crippen LogP contribution in [0.4, 0.5) is 0 Å². The van der Waals surface area contributed by atoms with E-state index < -0.39 is 0 Å². The fourth-order valence-corrected chi connectivity index (χ4v) is 1.01. The van der Waals surface area contributed by atoms with Crippen molar-refractivity contribution in [1.82, 2.24) is 0 Å². The standard InChI is InChI=1S/C7H6.CH2S/c1-2-7-4-3-6(1)5-7;1-2/h1-4H,5H2;1H2. The van der Waals surface area contributed by atoms with Crippen molar-refractivity contribution in [3.63, 3.8) is 0 Å². The molecule has 0 N–H and O–H groups in total. The highest BCUT2D eigenvalue weighted by atomic mass is 32.1. The van der Waals surface area contributed by atoms with Crippen molar-refractivity contribution in [2.24, 2.45) is 0 Å². The van der Waals surface area contributed by atoms with Gasteiger partial charge < -0.3 is 0 Å². The molecule has 0 radical (unpaired) electrons. The van der Waals surface area contributed by atoms with Crippen molar-refractivity contribution < 1.29 is 0 Å². The van der Waals surface area contributed by atoms with Crippen LogP contribution in [0, 0.1) is 0 Å². The summed E-state index contributed by atoms with van der Waals surface area (Å²) in [5.41, 5.74) is 2.94. The maximum absolute atomic E-state index is 3.83. The number of rotatable bonds is 0. The van der Waals surface area contributed by atoms with Gasteiger partial charge in [-0.1, -0.05) is 36.5 Å². The van der Waals surface area contributed by atoms with Gasteiger partial charge in [0.2, 0.25) is 0 Å². The minimum absolute atomic E-state index is 1.19. The van der Waals surface area contributed by atoms with E-state index in [1.165, 1.54) is 17.6 Å². The van der Waals surface area contributed by atoms with Crippen LogP contribution in [0.15, 0.2) is 35.5 Å². The van der Waals surface area contributed by atoms with E-state index >= 15 is 0 Å². The molecule has 0 saturated heterocycles. The van der Waals surface area contributed by atoms with Crippen LogP contribution in [0.25, 0.3) is 0 Å². The molecule has 0 aromatic heterocycles. The minimum atomic E-state index is 1.19. The van der Waals surface area contributed by atoms with Crippen LogP contribution < -0.4 is 0 Å². The van der Waals surface area contributed by atoms with E-state index in [0.29, 0.717) is 0 Å². The fraction of sp³-hybridized carbons (Fsp3) is 0.125. The summed E-state index contributed by atoms with van der Waals surface area (Å²) >= 11 is 3.83. The summed E-state index contributed by atoms with van der Waals surface area (Å²) in [5, 5.41) is 0. The first-order chi connectivity index (χ1) is 4.45. The molecule has 0 unspecified atom stereocenters. The third-order valence-corrected chi connectivity index (χ3v) is 1.43. The van der Waals surface area contributed by atoms with Crippen LogP contribution >= 0.6 is 12.2 Å². The molecule has 0 aliphatic heterocycles. The van der Waals surface area contributed by atoms with Gasteiger partial charge in [-0.15, -0.1) is 0 Å². The Hall–Kier alpha value is -0.690. The zero-order valence-electron chi connectivity index (χ0n) is 5.13. The van der Waals surface area contributed by atoms with Gasteiger partial charge in [-0.3, -0.25) is 0 Å². The van der Waals surface area contributed by atoms with Crippen LogP contribution in [0.1, 0.15) is 6.42 Å². The molecule has 0 aromatic rings. The van der Waals surface area contributed by atoms with Gasteiger partial charge in [-0.2, -0.15) is 0 Å². The second kappa shape index (κ2) is 2.74. The van der Waals surface area contributed by atoms with Crippen LogP contribution in [-0.4, -0.2) is 5.87 Å². The van der Waals surface area contributed by atoms with E-state index in [4.69, 9.17) is 0 Å². The third kappa shape index (κ3) is 1.16. The van der Waals surface area contributed by atoms with Crippen molar-refractivity contribution in [3.05, 3.63) is 35.5 Å². The first-order valence-corrected chi connectivity index (χ1v) is 3.39. The molecule has 2 rings (SSSR count). The normalized spacial score (nSPS) is 18.2. The van der Waals surface area contributed by atoms with Gasteiger partial charge in [0.15, 0.2) is 0 Å². The van der Waals surface area contributed by atoms with Crippen molar-refractivity contribution in [2.45, 2.75) is 6.42 Å². The van der Waals surface area contributed by atoms with E-state index in [0.717, 1.165) is 0 Å². The highest BCUT2D eigenvalue weighted by molar-refractivity contribution is 7.77. The van der Waals surface area contributed by atoms with Gasteiger partial charge >= 0.3 is 0 Å². The van der Waals surface area contributed by atoms with Gasteiger partial charge in [0.05, 0.1) is 0 Å². The molecule has 0 spiro atoms. The monoisotopic (exact) mass is 136 g/mol. The quantitative estimate of drug-likeness (QED) is 0.461. The molecular weight excluding hydrogens is 128 g/mol. The predicted molar refractivity (Wildman–Crippen MR) is 44.6 cm³/mol. The van der Waals surface area contributed by atoms with Crippen molar-refractivity contribution in [2.75, 3.05) is 0 Å². The summed E-state index contributed by atoms with van der Waals surface area (Å²) in [6.45, 7) is 0. The molecule has 2 bridgehead atoms. The molecule has 0 fully saturated rings. The molecule has 0 atom stereocenters. The number of fused-ring (bicyclic) bond motifs is 2. The second-order valence-electron chi connectivity index (χ2n) is 1.99. The lowest BCUT2D eigenvalue weighted by molar-refractivity contribution is 1.32. The van der Waals surface area contributed by atoms with Crippen molar-refractivity contribution >= 4 is 18.1 Å². The van der Waals surface area contributed by atoms with Gasteiger partial charge in [0.1, 0.15) is 0 Å². The van der Waals surface area contributed by atoms with Gasteiger partial charge in [-0.25, -0.2) is 0 Å². The van der Waals surface area contributed by atoms with Crippen molar-refractivity contribution in [3.8, 4) is 0 Å². The summed E-state index contributed by atoms with van der Waals surface area (Å²) in [6.07, 6.45) is 9.90. The van der Waals surface area contributed by atoms with E-state index in [2.05, 4.69) is 42.4 Å². The lowest BCUT2D eigenvalue weighted by atomic mass is 10.3. The molecule has 0 saturated carbocycles. The van der Waals surface area contributed by atoms with E-state index in [1.807, 2.05) is 0 Å². The Bertz CT molecular complexity index is 177. The average molecular weight is 136 g/mol. The highest BCUT2D eigenvalue weighted by Crippen LogP contribution is 2.27. The molecule has 2 aliphatic rings. The lowest BCUT2D eigenvalue weighted by Crippen LogP contribution is -1.59. The minimum Gasteiger partial charge on any atom is -0.0973 e. The summed E-state index contributed by atoms with van der Waals surface area (Å²) in [5.74, 6) is 2.83. The summed E-state index contributed by atoms with van der Waals surface area (Å²) in [6, 6.07) is 0. The zero-order valence-corrected chi connectivity index (χ0v) is 5.95. The Morgan fingerprint density at radius 1 is 1.11 bits per heavy atom. The molecule has 1 heteroatoms. The van der Waals surface area contributed by atoms with Gasteiger partial charge in [-0.05, 0) is 23.4 Å². The van der Waals surface area contributed by atoms with E-state index in [-0.39, 0.29) is 0 Å². The third-order valence-electron chi connectivity index (χ3n) is 1.43. The first kappa shape index (κ1) is 6.43. The molecule has 0 nitrogen and oxygen atoms in total. The SMILES string of the molecule is C1=CC2=CC=C1C2.C=S. The molecule has 2 aliphatic carbocycles. The van der Waals surface area contributed by atoms with Crippen LogP contribution in [0.5, 0.6) is 0 Å². The number of thiocarbonyl (C=S) groups is 1. The summed E-state index contributed by atoms with van der Waals surface area (Å²) in [4.78, 5) is 0. The molecular formula is C8H8S. The largest absolute Gasteiger partial charge is 0.0973 e. The molecule has 9 heavy (non-hydrogen) atoms. The maximum atomic E-state index is 3.83. The van der Waals surface area contributed by atoms with E-state index in [1.54, 1.807) is 0 Å². The number of hydrogen-bond acceptors (Lipinski definition) is 1. The first-order valence-electron chi connectivity index (χ1n) is 2.82. The Kier molecular flexibility index (Phi) is 1.96. The molecule has 46 valence electrons. The van der Waals surface area contributed by atoms with Crippen LogP contribution in [0.2, 0.25) is 0 Å². The highest BCUT2D eigenvalue weighted by Gasteiger charge is 2.07. The fourth-order valence-electron chi connectivity index (χ4n) is 1.01. The molecule has 0 amide bonds. The number of allylic oxidation sites excluding steroid dienone is 6. The lowest BCUT2D eigenvalue weighted by Gasteiger charge is -1.77. The van der Waals surface area contributed by atoms with Gasteiger partial charge in [0, 0.05) is 0 Å². The Morgan fingerprint density at radius 3 is 1.67 bits per heavy atom. The molecule has 0 aromatic carbocycles. The Balaban J connectivity index is 0.000000186. The second-order valence-corrected chi connectivity index (χ2v) is 1.99. The average Bonchev–Trinajstić information content (AvgIpc) is 2.53. The number of hydrogen-bond donors (Lipinski definition) is 0. The van der Waals surface area contributed by atoms with Crippen LogP contribution in [-0.2, 0) is 0 Å². The van der Waals surface area contributed by atoms with Crippen molar-refractivity contribution in [1.29, 1.82) is 0 Å². The van der Waals surface area contributed by atoms with Crippen LogP contribution in [0.3, 0.4) is 0 Å². The Labute approximate surface area is 60.6 Å². The maximum Gasteiger partial charge on any atom is -0.00258 e. The molecule has 0 heterocycles. The predicted octanol–water partition coefficient (Wildman–Crippen LogP) is 2.43. The zero-order chi connectivity index (χ0) is 6.69. The van der Waals surface area contributed by atoms with E-state index in [9.17, 15) is 0 Å². The summed E-state index contributed by atoms with van der Waals surface area (Å²) < 4.78 is 0.